The summed E-state index contributed by atoms with van der Waals surface area (Å²) in [4.78, 5) is 39.6. The van der Waals surface area contributed by atoms with Crippen LogP contribution in [-0.4, -0.2) is 46.5 Å². The lowest BCUT2D eigenvalue weighted by Crippen LogP contribution is -2.36. The Labute approximate surface area is 227 Å². The molecule has 1 aromatic heterocycles. The Morgan fingerprint density at radius 2 is 1.79 bits per heavy atom. The maximum atomic E-state index is 13.1. The van der Waals surface area contributed by atoms with Gasteiger partial charge in [0.2, 0.25) is 12.7 Å². The number of para-hydroxylation sites is 2. The molecule has 0 unspecified atom stereocenters. The Hall–Kier alpha value is -4.70. The van der Waals surface area contributed by atoms with Crippen molar-refractivity contribution >= 4 is 51.5 Å². The number of nitrogens with one attached hydrogen (secondary N) is 1. The summed E-state index contributed by atoms with van der Waals surface area (Å²) in [6.07, 6.45) is 3.65. The second kappa shape index (κ2) is 10.6. The van der Waals surface area contributed by atoms with Gasteiger partial charge < -0.3 is 24.1 Å². The number of nitrogens with zero attached hydrogens (tertiary/aromatic N) is 2. The van der Waals surface area contributed by atoms with Crippen molar-refractivity contribution in [1.82, 2.24) is 9.47 Å². The number of imide groups is 1. The van der Waals surface area contributed by atoms with Gasteiger partial charge in [-0.25, -0.2) is 0 Å². The summed E-state index contributed by atoms with van der Waals surface area (Å²) < 4.78 is 18.5. The third-order valence-corrected chi connectivity index (χ3v) is 7.19. The molecule has 1 fully saturated rings. The van der Waals surface area contributed by atoms with Gasteiger partial charge in [-0.05, 0) is 48.2 Å². The van der Waals surface area contributed by atoms with E-state index in [1.54, 1.807) is 24.3 Å². The zero-order chi connectivity index (χ0) is 26.8. The predicted molar refractivity (Wildman–Crippen MR) is 148 cm³/mol. The fourth-order valence-electron chi connectivity index (χ4n) is 4.45. The molecule has 2 aliphatic rings. The quantitative estimate of drug-likeness (QED) is 0.309. The van der Waals surface area contributed by atoms with Crippen LogP contribution in [0.2, 0.25) is 0 Å². The summed E-state index contributed by atoms with van der Waals surface area (Å²) in [5, 5.41) is 3.15. The third kappa shape index (κ3) is 5.19. The topological polar surface area (TPSA) is 99.1 Å². The molecule has 1 N–H and O–H groups in total. The first-order valence-corrected chi connectivity index (χ1v) is 13.1. The number of carbonyl (C=O) groups is 3. The maximum absolute atomic E-state index is 13.1. The van der Waals surface area contributed by atoms with E-state index in [-0.39, 0.29) is 11.7 Å². The van der Waals surface area contributed by atoms with Crippen LogP contribution in [0.3, 0.4) is 0 Å². The fourth-order valence-corrected chi connectivity index (χ4v) is 5.28. The smallest absolute Gasteiger partial charge is 0.294 e. The zero-order valence-corrected chi connectivity index (χ0v) is 21.5. The van der Waals surface area contributed by atoms with Crippen LogP contribution in [0.25, 0.3) is 17.0 Å². The third-order valence-electron chi connectivity index (χ3n) is 6.28. The standard InChI is InChI=1S/C29H23N3O6S/c33-27(30-20-10-11-24-25(15-20)38-18-37-24)17-32-28(34)26(39-29(32)35)14-19-16-31(23-9-5-4-8-22(19)23)12-13-36-21-6-2-1-3-7-21/h1-11,14-16H,12-13,17-18H2,(H,30,33)/b26-14-. The average Bonchev–Trinajstić information content (AvgIpc) is 3.62. The van der Waals surface area contributed by atoms with Crippen LogP contribution in [0.4, 0.5) is 10.5 Å². The Morgan fingerprint density at radius 1 is 1.00 bits per heavy atom. The van der Waals surface area contributed by atoms with Crippen molar-refractivity contribution < 1.29 is 28.6 Å². The van der Waals surface area contributed by atoms with E-state index in [4.69, 9.17) is 14.2 Å². The van der Waals surface area contributed by atoms with E-state index in [0.717, 1.165) is 38.9 Å². The van der Waals surface area contributed by atoms with E-state index >= 15 is 0 Å². The summed E-state index contributed by atoms with van der Waals surface area (Å²) in [6.45, 7) is 0.799. The number of ether oxygens (including phenoxy) is 3. The molecule has 0 bridgehead atoms. The van der Waals surface area contributed by atoms with Crippen LogP contribution in [-0.2, 0) is 16.1 Å². The van der Waals surface area contributed by atoms with E-state index in [0.29, 0.717) is 30.3 Å². The van der Waals surface area contributed by atoms with Crippen molar-refractivity contribution in [2.75, 3.05) is 25.3 Å². The molecule has 3 aromatic carbocycles. The van der Waals surface area contributed by atoms with E-state index in [9.17, 15) is 14.4 Å². The maximum Gasteiger partial charge on any atom is 0.294 e. The summed E-state index contributed by atoms with van der Waals surface area (Å²) in [6, 6.07) is 22.4. The highest BCUT2D eigenvalue weighted by molar-refractivity contribution is 8.18. The first kappa shape index (κ1) is 24.6. The molecule has 4 aromatic rings. The van der Waals surface area contributed by atoms with E-state index < -0.39 is 23.6 Å². The first-order valence-electron chi connectivity index (χ1n) is 12.3. The Bertz CT molecular complexity index is 1610. The van der Waals surface area contributed by atoms with Gasteiger partial charge in [-0.2, -0.15) is 0 Å². The largest absolute Gasteiger partial charge is 0.492 e. The SMILES string of the molecule is O=C(CN1C(=O)S/C(=C\c2cn(CCOc3ccccc3)c3ccccc23)C1=O)Nc1ccc2c(c1)OCO2. The Morgan fingerprint density at radius 3 is 2.67 bits per heavy atom. The first-order chi connectivity index (χ1) is 19.0. The molecular weight excluding hydrogens is 518 g/mol. The monoisotopic (exact) mass is 541 g/mol. The minimum atomic E-state index is -0.505. The number of hydrogen-bond donors (Lipinski definition) is 1. The van der Waals surface area contributed by atoms with Crippen molar-refractivity contribution in [2.45, 2.75) is 6.54 Å². The van der Waals surface area contributed by atoms with Crippen molar-refractivity contribution in [2.24, 2.45) is 0 Å². The second-order valence-electron chi connectivity index (χ2n) is 8.84. The van der Waals surface area contributed by atoms with Gasteiger partial charge in [0.1, 0.15) is 18.9 Å². The van der Waals surface area contributed by atoms with Crippen molar-refractivity contribution in [3.63, 3.8) is 0 Å². The van der Waals surface area contributed by atoms with Crippen LogP contribution in [0, 0.1) is 0 Å². The average molecular weight is 542 g/mol. The van der Waals surface area contributed by atoms with Crippen molar-refractivity contribution in [1.29, 1.82) is 0 Å². The van der Waals surface area contributed by atoms with Crippen LogP contribution in [0.15, 0.2) is 83.9 Å². The van der Waals surface area contributed by atoms with Crippen molar-refractivity contribution in [3.8, 4) is 17.2 Å². The number of anilines is 1. The molecule has 6 rings (SSSR count). The summed E-state index contributed by atoms with van der Waals surface area (Å²) >= 11 is 0.822. The van der Waals surface area contributed by atoms with Gasteiger partial charge in [0.05, 0.1) is 11.4 Å². The normalized spacial score (nSPS) is 15.4. The van der Waals surface area contributed by atoms with E-state index in [1.807, 2.05) is 60.8 Å². The lowest BCUT2D eigenvalue weighted by molar-refractivity contribution is -0.127. The molecule has 3 amide bonds. The molecule has 1 saturated heterocycles. The molecule has 9 nitrogen and oxygen atoms in total. The second-order valence-corrected chi connectivity index (χ2v) is 9.83. The number of amides is 3. The molecule has 196 valence electrons. The summed E-state index contributed by atoms with van der Waals surface area (Å²) in [5.74, 6) is 0.912. The minimum absolute atomic E-state index is 0.121. The number of benzene rings is 3. The molecule has 2 aliphatic heterocycles. The Balaban J connectivity index is 1.15. The minimum Gasteiger partial charge on any atom is -0.492 e. The van der Waals surface area contributed by atoms with E-state index in [2.05, 4.69) is 9.88 Å². The number of fused-ring (bicyclic) bond motifs is 2. The number of aromatic nitrogens is 1. The molecule has 0 radical (unpaired) electrons. The molecule has 39 heavy (non-hydrogen) atoms. The summed E-state index contributed by atoms with van der Waals surface area (Å²) in [7, 11) is 0. The molecule has 10 heteroatoms. The molecular formula is C29H23N3O6S. The fraction of sp³-hybridized carbons (Fsp3) is 0.138. The van der Waals surface area contributed by atoms with Gasteiger partial charge in [0.25, 0.3) is 11.1 Å². The number of thioether (sulfide) groups is 1. The number of rotatable bonds is 8. The number of carbonyl (C=O) groups excluding carboxylic acids is 3. The highest BCUT2D eigenvalue weighted by atomic mass is 32.2. The Kier molecular flexibility index (Phi) is 6.68. The van der Waals surface area contributed by atoms with Gasteiger partial charge in [-0.1, -0.05) is 36.4 Å². The van der Waals surface area contributed by atoms with Gasteiger partial charge in [-0.15, -0.1) is 0 Å². The van der Waals surface area contributed by atoms with Crippen LogP contribution < -0.4 is 19.5 Å². The predicted octanol–water partition coefficient (Wildman–Crippen LogP) is 5.12. The lowest BCUT2D eigenvalue weighted by Gasteiger charge is -2.12. The molecule has 0 atom stereocenters. The zero-order valence-electron chi connectivity index (χ0n) is 20.7. The van der Waals surface area contributed by atoms with Gasteiger partial charge in [-0.3, -0.25) is 19.3 Å². The van der Waals surface area contributed by atoms with Crippen molar-refractivity contribution in [3.05, 3.63) is 89.5 Å². The molecule has 0 aliphatic carbocycles. The highest BCUT2D eigenvalue weighted by Gasteiger charge is 2.36. The van der Waals surface area contributed by atoms with Crippen LogP contribution in [0.1, 0.15) is 5.56 Å². The van der Waals surface area contributed by atoms with Gasteiger partial charge in [0.15, 0.2) is 11.5 Å². The summed E-state index contributed by atoms with van der Waals surface area (Å²) in [5.41, 5.74) is 2.28. The van der Waals surface area contributed by atoms with Gasteiger partial charge in [0, 0.05) is 34.4 Å². The molecule has 0 spiro atoms. The van der Waals surface area contributed by atoms with Crippen LogP contribution in [0.5, 0.6) is 17.2 Å². The van der Waals surface area contributed by atoms with Crippen LogP contribution >= 0.6 is 11.8 Å². The highest BCUT2D eigenvalue weighted by Crippen LogP contribution is 2.35. The molecule has 3 heterocycles. The lowest BCUT2D eigenvalue weighted by atomic mass is 10.1. The van der Waals surface area contributed by atoms with E-state index in [1.165, 1.54) is 0 Å². The van der Waals surface area contributed by atoms with Gasteiger partial charge >= 0.3 is 0 Å². The molecule has 0 saturated carbocycles. The number of hydrogen-bond acceptors (Lipinski definition) is 7.